The molecular weight excluding hydrogens is 310 g/mol. The molecule has 24 heavy (non-hydrogen) atoms. The van der Waals surface area contributed by atoms with Crippen LogP contribution in [0.5, 0.6) is 0 Å². The molecule has 7 nitrogen and oxygen atoms in total. The Hall–Kier alpha value is -3.09. The van der Waals surface area contributed by atoms with Crippen molar-refractivity contribution in [2.24, 2.45) is 5.16 Å². The lowest BCUT2D eigenvalue weighted by Crippen LogP contribution is -2.27. The SMILES string of the molecule is CC1=NO[C@H](C(=O)Nc2ccc(NC(=O)c3coc(C)c3)cc2)C1. The fourth-order valence-corrected chi connectivity index (χ4v) is 2.26. The van der Waals surface area contributed by atoms with Gasteiger partial charge in [-0.05, 0) is 44.2 Å². The van der Waals surface area contributed by atoms with E-state index in [9.17, 15) is 9.59 Å². The van der Waals surface area contributed by atoms with Gasteiger partial charge >= 0.3 is 0 Å². The zero-order valence-corrected chi connectivity index (χ0v) is 13.3. The van der Waals surface area contributed by atoms with Crippen LogP contribution in [0.3, 0.4) is 0 Å². The zero-order valence-electron chi connectivity index (χ0n) is 13.3. The average molecular weight is 327 g/mol. The number of oxime groups is 1. The van der Waals surface area contributed by atoms with Gasteiger partial charge in [0, 0.05) is 17.8 Å². The number of hydrogen-bond donors (Lipinski definition) is 2. The van der Waals surface area contributed by atoms with Crippen molar-refractivity contribution in [2.45, 2.75) is 26.4 Å². The minimum absolute atomic E-state index is 0.249. The molecule has 0 saturated carbocycles. The molecular formula is C17H17N3O4. The maximum absolute atomic E-state index is 12.0. The first-order valence-corrected chi connectivity index (χ1v) is 7.48. The van der Waals surface area contributed by atoms with Crippen LogP contribution in [0.2, 0.25) is 0 Å². The number of nitrogens with zero attached hydrogens (tertiary/aromatic N) is 1. The highest BCUT2D eigenvalue weighted by molar-refractivity contribution is 6.04. The molecule has 0 saturated heterocycles. The standard InChI is InChI=1S/C17H17N3O4/c1-10-7-15(24-20-10)17(22)19-14-5-3-13(4-6-14)18-16(21)12-8-11(2)23-9-12/h3-6,8-9,15H,7H2,1-2H3,(H,18,21)(H,19,22)/t15-/m0/s1. The highest BCUT2D eigenvalue weighted by Gasteiger charge is 2.26. The van der Waals surface area contributed by atoms with Gasteiger partial charge in [-0.15, -0.1) is 0 Å². The zero-order chi connectivity index (χ0) is 17.1. The Bertz CT molecular complexity index is 792. The Balaban J connectivity index is 1.57. The van der Waals surface area contributed by atoms with Gasteiger partial charge in [0.25, 0.3) is 11.8 Å². The fraction of sp³-hybridized carbons (Fsp3) is 0.235. The third-order valence-corrected chi connectivity index (χ3v) is 3.51. The van der Waals surface area contributed by atoms with Crippen molar-refractivity contribution < 1.29 is 18.8 Å². The number of hydrogen-bond acceptors (Lipinski definition) is 5. The number of nitrogens with one attached hydrogen (secondary N) is 2. The molecule has 0 aliphatic carbocycles. The van der Waals surface area contributed by atoms with E-state index in [1.807, 2.05) is 6.92 Å². The molecule has 3 rings (SSSR count). The summed E-state index contributed by atoms with van der Waals surface area (Å²) >= 11 is 0. The number of aryl methyl sites for hydroxylation is 1. The molecule has 1 aliphatic heterocycles. The third kappa shape index (κ3) is 3.62. The van der Waals surface area contributed by atoms with Crippen LogP contribution in [-0.2, 0) is 9.63 Å². The first-order valence-electron chi connectivity index (χ1n) is 7.48. The number of carbonyl (C=O) groups is 2. The first kappa shape index (κ1) is 15.8. The number of benzene rings is 1. The number of rotatable bonds is 4. The molecule has 0 radical (unpaired) electrons. The fourth-order valence-electron chi connectivity index (χ4n) is 2.26. The van der Waals surface area contributed by atoms with E-state index in [2.05, 4.69) is 15.8 Å². The van der Waals surface area contributed by atoms with Crippen molar-refractivity contribution in [1.29, 1.82) is 0 Å². The van der Waals surface area contributed by atoms with Gasteiger partial charge in [-0.3, -0.25) is 9.59 Å². The minimum Gasteiger partial charge on any atom is -0.469 e. The van der Waals surface area contributed by atoms with Crippen molar-refractivity contribution in [3.63, 3.8) is 0 Å². The van der Waals surface area contributed by atoms with Gasteiger partial charge in [-0.2, -0.15) is 0 Å². The number of carbonyl (C=O) groups excluding carboxylic acids is 2. The van der Waals surface area contributed by atoms with E-state index in [1.54, 1.807) is 37.3 Å². The van der Waals surface area contributed by atoms with Gasteiger partial charge in [-0.25, -0.2) is 0 Å². The lowest BCUT2D eigenvalue weighted by molar-refractivity contribution is -0.125. The van der Waals surface area contributed by atoms with Gasteiger partial charge in [0.2, 0.25) is 6.10 Å². The average Bonchev–Trinajstić information content (AvgIpc) is 3.18. The summed E-state index contributed by atoms with van der Waals surface area (Å²) in [5.41, 5.74) is 2.49. The molecule has 124 valence electrons. The van der Waals surface area contributed by atoms with Crippen molar-refractivity contribution in [3.8, 4) is 0 Å². The Morgan fingerprint density at radius 3 is 2.33 bits per heavy atom. The third-order valence-electron chi connectivity index (χ3n) is 3.51. The number of anilines is 2. The monoisotopic (exact) mass is 327 g/mol. The van der Waals surface area contributed by atoms with Crippen LogP contribution in [0.25, 0.3) is 0 Å². The van der Waals surface area contributed by atoms with E-state index < -0.39 is 6.10 Å². The lowest BCUT2D eigenvalue weighted by Gasteiger charge is -2.10. The summed E-state index contributed by atoms with van der Waals surface area (Å²) < 4.78 is 5.11. The molecule has 2 heterocycles. The summed E-state index contributed by atoms with van der Waals surface area (Å²) in [4.78, 5) is 29.1. The van der Waals surface area contributed by atoms with E-state index in [1.165, 1.54) is 6.26 Å². The molecule has 0 bridgehead atoms. The van der Waals surface area contributed by atoms with E-state index >= 15 is 0 Å². The van der Waals surface area contributed by atoms with Crippen LogP contribution in [0, 0.1) is 6.92 Å². The maximum atomic E-state index is 12.0. The van der Waals surface area contributed by atoms with E-state index in [-0.39, 0.29) is 11.8 Å². The molecule has 7 heteroatoms. The van der Waals surface area contributed by atoms with Crippen LogP contribution in [0.1, 0.15) is 29.5 Å². The Kier molecular flexibility index (Phi) is 4.33. The second kappa shape index (κ2) is 6.57. The topological polar surface area (TPSA) is 92.9 Å². The van der Waals surface area contributed by atoms with Gasteiger partial charge in [-0.1, -0.05) is 5.16 Å². The molecule has 0 unspecified atom stereocenters. The van der Waals surface area contributed by atoms with Gasteiger partial charge in [0.1, 0.15) is 12.0 Å². The number of furan rings is 1. The van der Waals surface area contributed by atoms with Crippen molar-refractivity contribution in [3.05, 3.63) is 47.9 Å². The highest BCUT2D eigenvalue weighted by Crippen LogP contribution is 2.17. The smallest absolute Gasteiger partial charge is 0.268 e. The second-order valence-corrected chi connectivity index (χ2v) is 5.59. The quantitative estimate of drug-likeness (QED) is 0.903. The molecule has 1 aliphatic rings. The molecule has 2 amide bonds. The molecule has 2 aromatic rings. The second-order valence-electron chi connectivity index (χ2n) is 5.59. The first-order chi connectivity index (χ1) is 11.5. The predicted octanol–water partition coefficient (Wildman–Crippen LogP) is 2.94. The van der Waals surface area contributed by atoms with Crippen LogP contribution < -0.4 is 10.6 Å². The van der Waals surface area contributed by atoms with Gasteiger partial charge in [0.05, 0.1) is 11.3 Å². The van der Waals surface area contributed by atoms with Crippen LogP contribution in [0.15, 0.2) is 46.2 Å². The summed E-state index contributed by atoms with van der Waals surface area (Å²) in [5.74, 6) is 0.170. The summed E-state index contributed by atoms with van der Waals surface area (Å²) in [6, 6.07) is 8.48. The van der Waals surface area contributed by atoms with Crippen molar-refractivity contribution in [2.75, 3.05) is 10.6 Å². The molecule has 2 N–H and O–H groups in total. The lowest BCUT2D eigenvalue weighted by atomic mass is 10.2. The summed E-state index contributed by atoms with van der Waals surface area (Å²) in [6.07, 6.45) is 1.31. The molecule has 0 fully saturated rings. The van der Waals surface area contributed by atoms with Gasteiger partial charge < -0.3 is 19.9 Å². The summed E-state index contributed by atoms with van der Waals surface area (Å²) in [7, 11) is 0. The van der Waals surface area contributed by atoms with E-state index in [0.29, 0.717) is 29.1 Å². The van der Waals surface area contributed by atoms with Gasteiger partial charge in [0.15, 0.2) is 0 Å². The Labute approximate surface area is 138 Å². The Morgan fingerprint density at radius 1 is 1.12 bits per heavy atom. The van der Waals surface area contributed by atoms with Crippen molar-refractivity contribution >= 4 is 28.9 Å². The van der Waals surface area contributed by atoms with Crippen LogP contribution in [-0.4, -0.2) is 23.6 Å². The molecule has 1 aromatic carbocycles. The minimum atomic E-state index is -0.589. The number of amides is 2. The van der Waals surface area contributed by atoms with E-state index in [4.69, 9.17) is 9.25 Å². The van der Waals surface area contributed by atoms with Crippen LogP contribution >= 0.6 is 0 Å². The molecule has 0 spiro atoms. The summed E-state index contributed by atoms with van der Waals surface area (Å²) in [5, 5.41) is 9.27. The predicted molar refractivity (Wildman–Crippen MR) is 89.1 cm³/mol. The van der Waals surface area contributed by atoms with Crippen LogP contribution in [0.4, 0.5) is 11.4 Å². The molecule has 1 aromatic heterocycles. The highest BCUT2D eigenvalue weighted by atomic mass is 16.6. The molecule has 1 atom stereocenters. The normalized spacial score (nSPS) is 16.2. The largest absolute Gasteiger partial charge is 0.469 e. The Morgan fingerprint density at radius 2 is 1.79 bits per heavy atom. The maximum Gasteiger partial charge on any atom is 0.268 e. The van der Waals surface area contributed by atoms with Crippen molar-refractivity contribution in [1.82, 2.24) is 0 Å². The summed E-state index contributed by atoms with van der Waals surface area (Å²) in [6.45, 7) is 3.58. The van der Waals surface area contributed by atoms with E-state index in [0.717, 1.165) is 5.71 Å².